The Hall–Kier alpha value is -7.27. The number of nitrogens with zero attached hydrogens (tertiary/aromatic N) is 6. The summed E-state index contributed by atoms with van der Waals surface area (Å²) < 4.78 is 33.0. The average Bonchev–Trinajstić information content (AvgIpc) is 3.66. The molecule has 3 amide bonds. The number of hydrogen-bond donors (Lipinski definition) is 0. The van der Waals surface area contributed by atoms with Gasteiger partial charge in [-0.25, -0.2) is 4.39 Å². The van der Waals surface area contributed by atoms with Gasteiger partial charge in [-0.15, -0.1) is 0 Å². The Balaban J connectivity index is 1.03. The Morgan fingerprint density at radius 2 is 1.57 bits per heavy atom. The average molecular weight is 915 g/mol. The van der Waals surface area contributed by atoms with Gasteiger partial charge in [-0.1, -0.05) is 36.4 Å². The van der Waals surface area contributed by atoms with Gasteiger partial charge in [0.2, 0.25) is 5.91 Å². The van der Waals surface area contributed by atoms with E-state index in [2.05, 4.69) is 36.1 Å². The van der Waals surface area contributed by atoms with Crippen molar-refractivity contribution in [1.82, 2.24) is 19.3 Å². The van der Waals surface area contributed by atoms with Gasteiger partial charge >= 0.3 is 0 Å². The van der Waals surface area contributed by atoms with Crippen molar-refractivity contribution < 1.29 is 33.0 Å². The van der Waals surface area contributed by atoms with E-state index >= 15 is 4.79 Å². The van der Waals surface area contributed by atoms with Crippen molar-refractivity contribution in [2.24, 2.45) is 7.05 Å². The summed E-state index contributed by atoms with van der Waals surface area (Å²) in [4.78, 5) is 51.7. The molecule has 68 heavy (non-hydrogen) atoms. The van der Waals surface area contributed by atoms with Crippen molar-refractivity contribution in [3.05, 3.63) is 165 Å². The Morgan fingerprint density at radius 3 is 2.31 bits per heavy atom. The summed E-state index contributed by atoms with van der Waals surface area (Å²) in [5.41, 5.74) is 9.02. The lowest BCUT2D eigenvalue weighted by atomic mass is 9.89. The number of ether oxygens (including phenoxy) is 3. The molecule has 0 radical (unpaired) electrons. The van der Waals surface area contributed by atoms with Crippen LogP contribution < -0.4 is 14.4 Å². The van der Waals surface area contributed by atoms with Gasteiger partial charge in [0, 0.05) is 80.6 Å². The molecule has 3 aliphatic rings. The van der Waals surface area contributed by atoms with E-state index in [-0.39, 0.29) is 29.8 Å². The Labute approximate surface area is 396 Å². The molecule has 12 nitrogen and oxygen atoms in total. The lowest BCUT2D eigenvalue weighted by molar-refractivity contribution is -0.131. The maximum Gasteiger partial charge on any atom is 0.264 e. The number of carbonyl (C=O) groups is 3. The third kappa shape index (κ3) is 9.47. The number of amides is 3. The molecule has 0 aliphatic carbocycles. The van der Waals surface area contributed by atoms with E-state index in [4.69, 9.17) is 14.2 Å². The van der Waals surface area contributed by atoms with Crippen molar-refractivity contribution in [1.29, 1.82) is 5.26 Å². The molecule has 0 unspecified atom stereocenters. The standard InChI is InChI=1S/C55H55FN6O6/c1-36-27-39-7-5-6-8-41(39)35-61(36)54(64)50-31-43-34-60(53(63)28-38-9-16-47(17-10-38)68-26-23-59-21-24-67-25-22-59)20-19-40(43)30-49(50)51-32-48(37(2)58(51)3)55(65)62(45-13-11-44(56)12-14-45)46-15-18-52(66-4)42(29-46)33-57/h5-18,29-32,36H,19-28,34-35H2,1-4H3/t36-/m1/s1. The second kappa shape index (κ2) is 19.9. The first-order valence-electron chi connectivity index (χ1n) is 23.2. The number of hydrogen-bond acceptors (Lipinski definition) is 8. The number of carbonyl (C=O) groups excluding carboxylic acids is 3. The summed E-state index contributed by atoms with van der Waals surface area (Å²) in [6, 6.07) is 34.3. The predicted octanol–water partition coefficient (Wildman–Crippen LogP) is 8.42. The molecule has 4 heterocycles. The highest BCUT2D eigenvalue weighted by atomic mass is 19.1. The van der Waals surface area contributed by atoms with Crippen LogP contribution in [0.5, 0.6) is 11.5 Å². The highest BCUT2D eigenvalue weighted by molar-refractivity contribution is 6.12. The predicted molar refractivity (Wildman–Crippen MR) is 258 cm³/mol. The van der Waals surface area contributed by atoms with Gasteiger partial charge in [0.05, 0.1) is 43.6 Å². The number of halogens is 1. The van der Waals surface area contributed by atoms with E-state index in [1.807, 2.05) is 76.9 Å². The van der Waals surface area contributed by atoms with Crippen LogP contribution in [0, 0.1) is 24.1 Å². The van der Waals surface area contributed by atoms with Crippen LogP contribution in [0.4, 0.5) is 15.8 Å². The number of morpholine rings is 1. The van der Waals surface area contributed by atoms with Gasteiger partial charge < -0.3 is 28.6 Å². The molecule has 5 aromatic carbocycles. The highest BCUT2D eigenvalue weighted by Gasteiger charge is 2.33. The van der Waals surface area contributed by atoms with E-state index in [9.17, 15) is 19.2 Å². The number of methoxy groups -OCH3 is 1. The van der Waals surface area contributed by atoms with Crippen molar-refractivity contribution >= 4 is 29.1 Å². The van der Waals surface area contributed by atoms with Gasteiger partial charge in [-0.2, -0.15) is 5.26 Å². The molecular weight excluding hydrogens is 860 g/mol. The maximum absolute atomic E-state index is 15.2. The zero-order valence-corrected chi connectivity index (χ0v) is 39.0. The molecule has 348 valence electrons. The maximum atomic E-state index is 15.2. The quantitative estimate of drug-likeness (QED) is 0.120. The molecule has 13 heteroatoms. The normalized spacial score (nSPS) is 15.8. The Kier molecular flexibility index (Phi) is 13.4. The number of aromatic nitrogens is 1. The molecule has 1 aromatic heterocycles. The zero-order valence-electron chi connectivity index (χ0n) is 39.0. The molecule has 6 aromatic rings. The fourth-order valence-corrected chi connectivity index (χ4v) is 9.61. The smallest absolute Gasteiger partial charge is 0.264 e. The monoisotopic (exact) mass is 914 g/mol. The van der Waals surface area contributed by atoms with E-state index in [1.54, 1.807) is 18.2 Å². The molecule has 0 spiro atoms. The minimum absolute atomic E-state index is 0.000483. The van der Waals surface area contributed by atoms with Crippen LogP contribution in [-0.4, -0.2) is 96.1 Å². The molecular formula is C55H55FN6O6. The van der Waals surface area contributed by atoms with Crippen molar-refractivity contribution in [3.8, 4) is 28.8 Å². The zero-order chi connectivity index (χ0) is 47.5. The molecule has 1 atom stereocenters. The third-order valence-electron chi connectivity index (χ3n) is 13.7. The molecule has 0 saturated carbocycles. The SMILES string of the molecule is COc1ccc(N(C(=O)c2cc(-c3cc4c(cc3C(=O)N3Cc5ccccc5C[C@H]3C)CN(C(=O)Cc3ccc(OCCN5CCOCC5)cc3)CC4)n(C)c2C)c2ccc(F)cc2)cc1C#N. The van der Waals surface area contributed by atoms with E-state index in [0.29, 0.717) is 84.3 Å². The van der Waals surface area contributed by atoms with E-state index in [0.717, 1.165) is 60.9 Å². The minimum Gasteiger partial charge on any atom is -0.495 e. The Bertz CT molecular complexity index is 2900. The fraction of sp³-hybridized carbons (Fsp3) is 0.309. The van der Waals surface area contributed by atoms with Crippen molar-refractivity contribution in [2.45, 2.75) is 52.2 Å². The largest absolute Gasteiger partial charge is 0.495 e. The fourth-order valence-electron chi connectivity index (χ4n) is 9.61. The second-order valence-electron chi connectivity index (χ2n) is 17.8. The summed E-state index contributed by atoms with van der Waals surface area (Å²) in [6.45, 7) is 9.96. The van der Waals surface area contributed by atoms with Crippen LogP contribution in [0.1, 0.15) is 66.7 Å². The first-order chi connectivity index (χ1) is 33.0. The summed E-state index contributed by atoms with van der Waals surface area (Å²) in [5.74, 6) is 0.125. The van der Waals surface area contributed by atoms with E-state index in [1.165, 1.54) is 41.8 Å². The lowest BCUT2D eigenvalue weighted by Gasteiger charge is -2.36. The van der Waals surface area contributed by atoms with Crippen LogP contribution in [-0.2, 0) is 48.9 Å². The second-order valence-corrected chi connectivity index (χ2v) is 17.8. The van der Waals surface area contributed by atoms with Gasteiger partial charge in [-0.3, -0.25) is 24.2 Å². The van der Waals surface area contributed by atoms with Crippen molar-refractivity contribution in [3.63, 3.8) is 0 Å². The number of benzene rings is 5. The van der Waals surface area contributed by atoms with Gasteiger partial charge in [0.1, 0.15) is 30.0 Å². The van der Waals surface area contributed by atoms with E-state index < -0.39 is 11.7 Å². The number of fused-ring (bicyclic) bond motifs is 2. The minimum atomic E-state index is -0.457. The molecule has 0 bridgehead atoms. The molecule has 1 saturated heterocycles. The summed E-state index contributed by atoms with van der Waals surface area (Å²) in [7, 11) is 3.35. The number of rotatable bonds is 12. The van der Waals surface area contributed by atoms with Crippen LogP contribution in [0.2, 0.25) is 0 Å². The van der Waals surface area contributed by atoms with Gasteiger partial charge in [0.25, 0.3) is 11.8 Å². The lowest BCUT2D eigenvalue weighted by Crippen LogP contribution is -2.43. The Morgan fingerprint density at radius 1 is 0.838 bits per heavy atom. The van der Waals surface area contributed by atoms with Gasteiger partial charge in [0.15, 0.2) is 0 Å². The third-order valence-corrected chi connectivity index (χ3v) is 13.7. The highest BCUT2D eigenvalue weighted by Crippen LogP contribution is 2.38. The molecule has 1 fully saturated rings. The van der Waals surface area contributed by atoms with Crippen LogP contribution in [0.25, 0.3) is 11.3 Å². The van der Waals surface area contributed by atoms with Crippen LogP contribution in [0.3, 0.4) is 0 Å². The first-order valence-corrected chi connectivity index (χ1v) is 23.2. The molecule has 0 N–H and O–H groups in total. The summed E-state index contributed by atoms with van der Waals surface area (Å²) in [6.07, 6.45) is 1.53. The van der Waals surface area contributed by atoms with Crippen molar-refractivity contribution in [2.75, 3.05) is 58.0 Å². The number of nitriles is 1. The topological polar surface area (TPSA) is 121 Å². The first kappa shape index (κ1) is 45.9. The summed E-state index contributed by atoms with van der Waals surface area (Å²) in [5, 5.41) is 9.96. The van der Waals surface area contributed by atoms with Crippen LogP contribution >= 0.6 is 0 Å². The summed E-state index contributed by atoms with van der Waals surface area (Å²) >= 11 is 0. The van der Waals surface area contributed by atoms with Gasteiger partial charge in [-0.05, 0) is 127 Å². The number of anilines is 2. The van der Waals surface area contributed by atoms with Crippen LogP contribution in [0.15, 0.2) is 109 Å². The molecule has 3 aliphatic heterocycles. The molecule has 9 rings (SSSR count).